The third-order valence-corrected chi connectivity index (χ3v) is 4.08. The molecular formula is C14H19NO3S. The highest BCUT2D eigenvalue weighted by atomic mass is 32.2. The van der Waals surface area contributed by atoms with E-state index in [4.69, 9.17) is 9.84 Å². The first kappa shape index (κ1) is 14.2. The lowest BCUT2D eigenvalue weighted by Crippen LogP contribution is -2.31. The lowest BCUT2D eigenvalue weighted by molar-refractivity contribution is -0.122. The second-order valence-electron chi connectivity index (χ2n) is 4.38. The Morgan fingerprint density at radius 3 is 3.11 bits per heavy atom. The number of ether oxygens (including phenoxy) is 1. The largest absolute Gasteiger partial charge is 0.492 e. The number of carbonyl (C=O) groups is 1. The van der Waals surface area contributed by atoms with E-state index < -0.39 is 0 Å². The number of aliphatic hydroxyl groups is 1. The van der Waals surface area contributed by atoms with Crippen LogP contribution in [0.15, 0.2) is 24.3 Å². The van der Waals surface area contributed by atoms with Crippen molar-refractivity contribution in [2.45, 2.75) is 12.3 Å². The van der Waals surface area contributed by atoms with Gasteiger partial charge in [0.15, 0.2) is 0 Å². The highest BCUT2D eigenvalue weighted by molar-refractivity contribution is 7.99. The van der Waals surface area contributed by atoms with Crippen molar-refractivity contribution in [1.82, 2.24) is 5.32 Å². The van der Waals surface area contributed by atoms with Gasteiger partial charge in [0.1, 0.15) is 18.3 Å². The Labute approximate surface area is 117 Å². The Hall–Kier alpha value is -1.20. The molecule has 0 aromatic heterocycles. The summed E-state index contributed by atoms with van der Waals surface area (Å²) in [5.74, 6) is 2.48. The highest BCUT2D eigenvalue weighted by Crippen LogP contribution is 2.33. The van der Waals surface area contributed by atoms with Crippen LogP contribution in [0.5, 0.6) is 5.75 Å². The van der Waals surface area contributed by atoms with E-state index in [0.29, 0.717) is 13.2 Å². The van der Waals surface area contributed by atoms with Gasteiger partial charge in [-0.2, -0.15) is 11.8 Å². The fraction of sp³-hybridized carbons (Fsp3) is 0.500. The molecule has 0 aliphatic carbocycles. The van der Waals surface area contributed by atoms with Crippen molar-refractivity contribution in [3.63, 3.8) is 0 Å². The van der Waals surface area contributed by atoms with Crippen LogP contribution in [0.3, 0.4) is 0 Å². The fourth-order valence-corrected chi connectivity index (χ4v) is 2.80. The van der Waals surface area contributed by atoms with Gasteiger partial charge in [-0.25, -0.2) is 0 Å². The summed E-state index contributed by atoms with van der Waals surface area (Å²) in [6.07, 6.45) is 0.808. The second kappa shape index (κ2) is 7.40. The summed E-state index contributed by atoms with van der Waals surface area (Å²) in [4.78, 5) is 12.1. The third-order valence-electron chi connectivity index (χ3n) is 3.01. The average molecular weight is 281 g/mol. The van der Waals surface area contributed by atoms with E-state index in [1.165, 1.54) is 0 Å². The van der Waals surface area contributed by atoms with Crippen LogP contribution in [0.4, 0.5) is 0 Å². The number of thioether (sulfide) groups is 1. The quantitative estimate of drug-likeness (QED) is 0.742. The number of fused-ring (bicyclic) bond motifs is 1. The zero-order valence-electron chi connectivity index (χ0n) is 10.8. The van der Waals surface area contributed by atoms with Crippen molar-refractivity contribution >= 4 is 17.7 Å². The van der Waals surface area contributed by atoms with Crippen LogP contribution in [-0.4, -0.2) is 42.3 Å². The van der Waals surface area contributed by atoms with Gasteiger partial charge in [-0.15, -0.1) is 0 Å². The van der Waals surface area contributed by atoms with Crippen LogP contribution in [0.1, 0.15) is 17.9 Å². The molecule has 1 heterocycles. The molecule has 0 spiro atoms. The Morgan fingerprint density at radius 2 is 2.26 bits per heavy atom. The van der Waals surface area contributed by atoms with E-state index in [0.717, 1.165) is 29.2 Å². The molecule has 0 radical (unpaired) electrons. The number of benzene rings is 1. The van der Waals surface area contributed by atoms with Gasteiger partial charge in [-0.05, 0) is 18.2 Å². The van der Waals surface area contributed by atoms with Gasteiger partial charge in [0.2, 0.25) is 5.91 Å². The van der Waals surface area contributed by atoms with Crippen molar-refractivity contribution < 1.29 is 14.6 Å². The molecule has 5 heteroatoms. The summed E-state index contributed by atoms with van der Waals surface area (Å²) in [7, 11) is 0. The van der Waals surface area contributed by atoms with Gasteiger partial charge >= 0.3 is 0 Å². The van der Waals surface area contributed by atoms with Gasteiger partial charge in [0.05, 0.1) is 0 Å². The lowest BCUT2D eigenvalue weighted by atomic mass is 10.0. The van der Waals surface area contributed by atoms with Crippen LogP contribution >= 0.6 is 11.8 Å². The Bertz CT molecular complexity index is 425. The van der Waals surface area contributed by atoms with Gasteiger partial charge in [-0.3, -0.25) is 4.79 Å². The molecule has 1 amide bonds. The molecule has 1 aliphatic rings. The molecule has 0 saturated heterocycles. The zero-order chi connectivity index (χ0) is 13.5. The van der Waals surface area contributed by atoms with Crippen molar-refractivity contribution in [3.8, 4) is 5.75 Å². The second-order valence-corrected chi connectivity index (χ2v) is 5.61. The molecule has 0 saturated carbocycles. The maximum absolute atomic E-state index is 12.1. The van der Waals surface area contributed by atoms with Crippen molar-refractivity contribution in [2.24, 2.45) is 0 Å². The van der Waals surface area contributed by atoms with Gasteiger partial charge in [0, 0.05) is 24.5 Å². The van der Waals surface area contributed by atoms with Crippen LogP contribution in [-0.2, 0) is 4.79 Å². The van der Waals surface area contributed by atoms with E-state index >= 15 is 0 Å². The Morgan fingerprint density at radius 1 is 1.42 bits per heavy atom. The van der Waals surface area contributed by atoms with Crippen molar-refractivity contribution in [1.29, 1.82) is 0 Å². The average Bonchev–Trinajstić information content (AvgIpc) is 2.86. The van der Waals surface area contributed by atoms with E-state index in [1.807, 2.05) is 24.3 Å². The number of para-hydroxylation sites is 1. The number of carbonyl (C=O) groups excluding carboxylic acids is 1. The molecule has 2 rings (SSSR count). The van der Waals surface area contributed by atoms with Crippen LogP contribution in [0.25, 0.3) is 0 Å². The number of nitrogens with one attached hydrogen (secondary N) is 1. The number of hydrogen-bond donors (Lipinski definition) is 2. The topological polar surface area (TPSA) is 58.6 Å². The van der Waals surface area contributed by atoms with E-state index in [-0.39, 0.29) is 18.4 Å². The minimum absolute atomic E-state index is 0.0349. The predicted octanol–water partition coefficient (Wildman–Crippen LogP) is 1.39. The highest BCUT2D eigenvalue weighted by Gasteiger charge is 2.29. The molecule has 1 atom stereocenters. The van der Waals surface area contributed by atoms with Gasteiger partial charge < -0.3 is 15.2 Å². The number of amides is 1. The summed E-state index contributed by atoms with van der Waals surface area (Å²) in [5, 5.41) is 11.6. The maximum atomic E-state index is 12.1. The molecule has 2 N–H and O–H groups in total. The predicted molar refractivity (Wildman–Crippen MR) is 76.7 cm³/mol. The first-order valence-electron chi connectivity index (χ1n) is 6.51. The van der Waals surface area contributed by atoms with E-state index in [2.05, 4.69) is 5.32 Å². The molecular weight excluding hydrogens is 262 g/mol. The standard InChI is InChI=1S/C14H19NO3S/c16-7-3-8-19-9-6-15-14(17)12-10-18-13-5-2-1-4-11(12)13/h1-2,4-5,12,16H,3,6-10H2,(H,15,17). The monoisotopic (exact) mass is 281 g/mol. The van der Waals surface area contributed by atoms with E-state index in [9.17, 15) is 4.79 Å². The third kappa shape index (κ3) is 3.88. The minimum Gasteiger partial charge on any atom is -0.492 e. The fourth-order valence-electron chi connectivity index (χ4n) is 2.02. The maximum Gasteiger partial charge on any atom is 0.231 e. The van der Waals surface area contributed by atoms with Crippen LogP contribution in [0.2, 0.25) is 0 Å². The van der Waals surface area contributed by atoms with Gasteiger partial charge in [-0.1, -0.05) is 18.2 Å². The number of aliphatic hydroxyl groups excluding tert-OH is 1. The minimum atomic E-state index is -0.182. The first-order chi connectivity index (χ1) is 9.33. The normalized spacial score (nSPS) is 16.8. The molecule has 4 nitrogen and oxygen atoms in total. The van der Waals surface area contributed by atoms with Crippen LogP contribution in [0, 0.1) is 0 Å². The SMILES string of the molecule is O=C(NCCSCCCO)C1COc2ccccc21. The molecule has 1 unspecified atom stereocenters. The Balaban J connectivity index is 1.73. The molecule has 0 bridgehead atoms. The summed E-state index contributed by atoms with van der Waals surface area (Å²) in [5.41, 5.74) is 0.980. The van der Waals surface area contributed by atoms with Gasteiger partial charge in [0.25, 0.3) is 0 Å². The smallest absolute Gasteiger partial charge is 0.231 e. The van der Waals surface area contributed by atoms with Crippen LogP contribution < -0.4 is 10.1 Å². The van der Waals surface area contributed by atoms with E-state index in [1.54, 1.807) is 11.8 Å². The Kier molecular flexibility index (Phi) is 5.54. The molecule has 104 valence electrons. The molecule has 1 aliphatic heterocycles. The molecule has 19 heavy (non-hydrogen) atoms. The van der Waals surface area contributed by atoms with Crippen molar-refractivity contribution in [2.75, 3.05) is 31.3 Å². The van der Waals surface area contributed by atoms with Crippen molar-refractivity contribution in [3.05, 3.63) is 29.8 Å². The molecule has 1 aromatic carbocycles. The first-order valence-corrected chi connectivity index (χ1v) is 7.66. The number of hydrogen-bond acceptors (Lipinski definition) is 4. The summed E-state index contributed by atoms with van der Waals surface area (Å²) >= 11 is 1.74. The summed E-state index contributed by atoms with van der Waals surface area (Å²) in [6, 6.07) is 7.69. The zero-order valence-corrected chi connectivity index (χ0v) is 11.6. The molecule has 1 aromatic rings. The lowest BCUT2D eigenvalue weighted by Gasteiger charge is -2.10. The summed E-state index contributed by atoms with van der Waals surface area (Å²) < 4.78 is 5.50. The number of rotatable bonds is 7. The molecule has 0 fully saturated rings. The summed E-state index contributed by atoms with van der Waals surface area (Å²) in [6.45, 7) is 1.33.